The van der Waals surface area contributed by atoms with Crippen LogP contribution in [-0.4, -0.2) is 45.9 Å². The fourth-order valence-electron chi connectivity index (χ4n) is 2.34. The lowest BCUT2D eigenvalue weighted by molar-refractivity contribution is -0.131. The molecule has 0 spiro atoms. The lowest BCUT2D eigenvalue weighted by atomic mass is 10.1. The summed E-state index contributed by atoms with van der Waals surface area (Å²) in [6, 6.07) is 0.0276. The van der Waals surface area contributed by atoms with E-state index in [1.54, 1.807) is 7.05 Å². The summed E-state index contributed by atoms with van der Waals surface area (Å²) in [6.45, 7) is 6.77. The van der Waals surface area contributed by atoms with E-state index in [4.69, 9.17) is 11.6 Å². The molecule has 7 heteroatoms. The SMILES string of the molecule is CNc1c(Cl)ncnc1NC1CC(=O)N(C(C)(C)C)C1. The van der Waals surface area contributed by atoms with Gasteiger partial charge in [-0.1, -0.05) is 11.6 Å². The molecule has 0 aliphatic carbocycles. The number of nitrogens with one attached hydrogen (secondary N) is 2. The van der Waals surface area contributed by atoms with Gasteiger partial charge < -0.3 is 15.5 Å². The molecule has 6 nitrogen and oxygen atoms in total. The summed E-state index contributed by atoms with van der Waals surface area (Å²) in [5.41, 5.74) is 0.485. The van der Waals surface area contributed by atoms with Gasteiger partial charge in [-0.25, -0.2) is 9.97 Å². The summed E-state index contributed by atoms with van der Waals surface area (Å²) >= 11 is 6.01. The number of amides is 1. The molecule has 1 unspecified atom stereocenters. The molecule has 1 fully saturated rings. The number of halogens is 1. The van der Waals surface area contributed by atoms with Gasteiger partial charge >= 0.3 is 0 Å². The Kier molecular flexibility index (Phi) is 4.04. The third kappa shape index (κ3) is 2.95. The van der Waals surface area contributed by atoms with E-state index < -0.39 is 0 Å². The van der Waals surface area contributed by atoms with E-state index in [1.165, 1.54) is 6.33 Å². The van der Waals surface area contributed by atoms with E-state index >= 15 is 0 Å². The lowest BCUT2D eigenvalue weighted by Crippen LogP contribution is -2.43. The first-order chi connectivity index (χ1) is 9.32. The van der Waals surface area contributed by atoms with Crippen LogP contribution in [0.25, 0.3) is 0 Å². The van der Waals surface area contributed by atoms with E-state index in [2.05, 4.69) is 20.6 Å². The van der Waals surface area contributed by atoms with E-state index in [0.29, 0.717) is 29.6 Å². The van der Waals surface area contributed by atoms with Crippen LogP contribution in [0.4, 0.5) is 11.5 Å². The molecular weight excluding hydrogens is 278 g/mol. The molecule has 0 bridgehead atoms. The molecule has 0 saturated carbocycles. The Labute approximate surface area is 123 Å². The Bertz CT molecular complexity index is 514. The molecule has 1 aliphatic rings. The van der Waals surface area contributed by atoms with Crippen molar-refractivity contribution in [1.82, 2.24) is 14.9 Å². The van der Waals surface area contributed by atoms with Gasteiger partial charge in [-0.2, -0.15) is 0 Å². The summed E-state index contributed by atoms with van der Waals surface area (Å²) in [6.07, 6.45) is 1.87. The van der Waals surface area contributed by atoms with Crippen molar-refractivity contribution >= 4 is 29.0 Å². The van der Waals surface area contributed by atoms with Gasteiger partial charge in [-0.05, 0) is 20.8 Å². The molecule has 20 heavy (non-hydrogen) atoms. The fraction of sp³-hybridized carbons (Fsp3) is 0.615. The predicted molar refractivity (Wildman–Crippen MR) is 80.1 cm³/mol. The maximum atomic E-state index is 12.1. The molecule has 0 radical (unpaired) electrons. The average Bonchev–Trinajstić information content (AvgIpc) is 2.70. The van der Waals surface area contributed by atoms with Crippen molar-refractivity contribution in [3.63, 3.8) is 0 Å². The average molecular weight is 298 g/mol. The molecule has 1 aromatic heterocycles. The van der Waals surface area contributed by atoms with Crippen molar-refractivity contribution in [2.45, 2.75) is 38.8 Å². The first-order valence-electron chi connectivity index (χ1n) is 6.58. The topological polar surface area (TPSA) is 70.1 Å². The molecule has 1 aromatic rings. The van der Waals surface area contributed by atoms with Crippen LogP contribution in [0.1, 0.15) is 27.2 Å². The highest BCUT2D eigenvalue weighted by Gasteiger charge is 2.36. The Morgan fingerprint density at radius 2 is 2.10 bits per heavy atom. The normalized spacial score (nSPS) is 19.4. The van der Waals surface area contributed by atoms with Crippen LogP contribution < -0.4 is 10.6 Å². The maximum absolute atomic E-state index is 12.1. The number of hydrogen-bond acceptors (Lipinski definition) is 5. The molecule has 2 heterocycles. The number of anilines is 2. The van der Waals surface area contributed by atoms with Crippen LogP contribution >= 0.6 is 11.6 Å². The zero-order valence-electron chi connectivity index (χ0n) is 12.2. The van der Waals surface area contributed by atoms with Crippen molar-refractivity contribution in [1.29, 1.82) is 0 Å². The van der Waals surface area contributed by atoms with Crippen molar-refractivity contribution in [2.75, 3.05) is 24.2 Å². The highest BCUT2D eigenvalue weighted by Crippen LogP contribution is 2.29. The quantitative estimate of drug-likeness (QED) is 0.835. The van der Waals surface area contributed by atoms with Gasteiger partial charge in [0.05, 0.1) is 6.04 Å². The highest BCUT2D eigenvalue weighted by molar-refractivity contribution is 6.32. The zero-order chi connectivity index (χ0) is 14.9. The van der Waals surface area contributed by atoms with E-state index in [1.807, 2.05) is 25.7 Å². The van der Waals surface area contributed by atoms with Gasteiger partial charge in [0, 0.05) is 25.6 Å². The summed E-state index contributed by atoms with van der Waals surface area (Å²) in [5, 5.41) is 6.61. The van der Waals surface area contributed by atoms with E-state index in [0.717, 1.165) is 0 Å². The summed E-state index contributed by atoms with van der Waals surface area (Å²) in [7, 11) is 1.76. The van der Waals surface area contributed by atoms with Crippen LogP contribution in [-0.2, 0) is 4.79 Å². The fourth-order valence-corrected chi connectivity index (χ4v) is 2.57. The largest absolute Gasteiger partial charge is 0.383 e. The van der Waals surface area contributed by atoms with Crippen molar-refractivity contribution in [2.24, 2.45) is 0 Å². The van der Waals surface area contributed by atoms with Gasteiger partial charge in [-0.15, -0.1) is 0 Å². The number of aromatic nitrogens is 2. The third-order valence-electron chi connectivity index (χ3n) is 3.33. The van der Waals surface area contributed by atoms with Crippen molar-refractivity contribution < 1.29 is 4.79 Å². The number of carbonyl (C=O) groups excluding carboxylic acids is 1. The molecular formula is C13H20ClN5O. The number of nitrogens with zero attached hydrogens (tertiary/aromatic N) is 3. The second kappa shape index (κ2) is 5.44. The number of likely N-dealkylation sites (tertiary alicyclic amines) is 1. The van der Waals surface area contributed by atoms with Crippen LogP contribution in [0.2, 0.25) is 5.15 Å². The number of rotatable bonds is 3. The van der Waals surface area contributed by atoms with Crippen LogP contribution in [0.3, 0.4) is 0 Å². The number of carbonyl (C=O) groups is 1. The smallest absolute Gasteiger partial charge is 0.225 e. The maximum Gasteiger partial charge on any atom is 0.225 e. The monoisotopic (exact) mass is 297 g/mol. The molecule has 0 aromatic carbocycles. The third-order valence-corrected chi connectivity index (χ3v) is 3.61. The molecule has 2 N–H and O–H groups in total. The van der Waals surface area contributed by atoms with Gasteiger partial charge in [0.15, 0.2) is 11.0 Å². The van der Waals surface area contributed by atoms with Crippen LogP contribution in [0.15, 0.2) is 6.33 Å². The van der Waals surface area contributed by atoms with Crippen LogP contribution in [0, 0.1) is 0 Å². The number of hydrogen-bond donors (Lipinski definition) is 2. The summed E-state index contributed by atoms with van der Waals surface area (Å²) < 4.78 is 0. The first-order valence-corrected chi connectivity index (χ1v) is 6.96. The Morgan fingerprint density at radius 1 is 1.40 bits per heavy atom. The Balaban J connectivity index is 2.13. The van der Waals surface area contributed by atoms with Crippen LogP contribution in [0.5, 0.6) is 0 Å². The van der Waals surface area contributed by atoms with Gasteiger partial charge in [0.1, 0.15) is 12.0 Å². The summed E-state index contributed by atoms with van der Waals surface area (Å²) in [5.74, 6) is 0.780. The zero-order valence-corrected chi connectivity index (χ0v) is 13.0. The van der Waals surface area contributed by atoms with Crippen molar-refractivity contribution in [3.05, 3.63) is 11.5 Å². The van der Waals surface area contributed by atoms with Gasteiger partial charge in [0.2, 0.25) is 5.91 Å². The summed E-state index contributed by atoms with van der Waals surface area (Å²) in [4.78, 5) is 22.1. The Morgan fingerprint density at radius 3 is 2.65 bits per heavy atom. The second-order valence-electron chi connectivity index (χ2n) is 5.86. The minimum absolute atomic E-state index is 0.0276. The minimum atomic E-state index is -0.164. The standard InChI is InChI=1S/C13H20ClN5O/c1-13(2,3)19-6-8(5-9(19)20)18-12-10(15-4)11(14)16-7-17-12/h7-8,15H,5-6H2,1-4H3,(H,16,17,18). The molecule has 1 aliphatic heterocycles. The minimum Gasteiger partial charge on any atom is -0.383 e. The molecule has 1 atom stereocenters. The van der Waals surface area contributed by atoms with E-state index in [-0.39, 0.29) is 17.5 Å². The highest BCUT2D eigenvalue weighted by atomic mass is 35.5. The van der Waals surface area contributed by atoms with Gasteiger partial charge in [-0.3, -0.25) is 4.79 Å². The first kappa shape index (κ1) is 14.8. The Hall–Kier alpha value is -1.56. The molecule has 1 amide bonds. The molecule has 1 saturated heterocycles. The van der Waals surface area contributed by atoms with Gasteiger partial charge in [0.25, 0.3) is 0 Å². The molecule has 110 valence electrons. The van der Waals surface area contributed by atoms with Crippen molar-refractivity contribution in [3.8, 4) is 0 Å². The predicted octanol–water partition coefficient (Wildman–Crippen LogP) is 1.98. The lowest BCUT2D eigenvalue weighted by Gasteiger charge is -2.32. The second-order valence-corrected chi connectivity index (χ2v) is 6.22. The molecule has 2 rings (SSSR count). The van der Waals surface area contributed by atoms with E-state index in [9.17, 15) is 4.79 Å².